The van der Waals surface area contributed by atoms with E-state index >= 15 is 0 Å². The lowest BCUT2D eigenvalue weighted by atomic mass is 10.1. The van der Waals surface area contributed by atoms with Gasteiger partial charge in [-0.25, -0.2) is 23.1 Å². The number of aryl methyl sites for hydroxylation is 1. The molecule has 0 fully saturated rings. The number of rotatable bonds is 5. The molecule has 2 aromatic heterocycles. The minimum absolute atomic E-state index is 0.0135. The monoisotopic (exact) mass is 406 g/mol. The molecule has 3 N–H and O–H groups in total. The van der Waals surface area contributed by atoms with Gasteiger partial charge in [-0.3, -0.25) is 4.79 Å². The van der Waals surface area contributed by atoms with Crippen molar-refractivity contribution in [3.63, 3.8) is 0 Å². The van der Waals surface area contributed by atoms with E-state index in [1.165, 1.54) is 12.3 Å². The summed E-state index contributed by atoms with van der Waals surface area (Å²) in [5, 5.41) is 13.0. The molecule has 0 amide bonds. The van der Waals surface area contributed by atoms with Gasteiger partial charge in [0, 0.05) is 36.6 Å². The Morgan fingerprint density at radius 3 is 2.45 bits per heavy atom. The van der Waals surface area contributed by atoms with Crippen molar-refractivity contribution in [3.8, 4) is 11.4 Å². The maximum atomic E-state index is 14.0. The molecule has 1 atom stereocenters. The molecule has 2 heterocycles. The number of nitrogens with zero attached hydrogens (tertiary/aromatic N) is 2. The van der Waals surface area contributed by atoms with Crippen LogP contribution in [0.2, 0.25) is 0 Å². The van der Waals surface area contributed by atoms with Crippen molar-refractivity contribution in [1.82, 2.24) is 15.0 Å². The summed E-state index contributed by atoms with van der Waals surface area (Å²) in [7, 11) is 0. The van der Waals surface area contributed by atoms with E-state index in [1.54, 1.807) is 19.1 Å². The topological polar surface area (TPSA) is 90.9 Å². The van der Waals surface area contributed by atoms with Gasteiger partial charge in [0.2, 0.25) is 5.56 Å². The van der Waals surface area contributed by atoms with E-state index in [4.69, 9.17) is 0 Å². The fourth-order valence-electron chi connectivity index (χ4n) is 2.46. The minimum atomic E-state index is -1.30. The molecule has 154 valence electrons. The van der Waals surface area contributed by atoms with Crippen molar-refractivity contribution in [3.05, 3.63) is 75.6 Å². The smallest absolute Gasteiger partial charge is 0.248 e. The summed E-state index contributed by atoms with van der Waals surface area (Å²) in [5.74, 6) is -3.38. The van der Waals surface area contributed by atoms with Gasteiger partial charge in [-0.05, 0) is 24.6 Å². The summed E-state index contributed by atoms with van der Waals surface area (Å²) in [6.45, 7) is 5.64. The molecule has 0 spiro atoms. The Morgan fingerprint density at radius 2 is 1.76 bits per heavy atom. The number of nitrogens with one attached hydrogen (secondary N) is 2. The van der Waals surface area contributed by atoms with Crippen molar-refractivity contribution in [2.75, 3.05) is 11.9 Å². The third-order valence-electron chi connectivity index (χ3n) is 3.77. The van der Waals surface area contributed by atoms with E-state index in [0.29, 0.717) is 23.4 Å². The second-order valence-electron chi connectivity index (χ2n) is 5.85. The summed E-state index contributed by atoms with van der Waals surface area (Å²) >= 11 is 0. The van der Waals surface area contributed by atoms with Gasteiger partial charge in [-0.2, -0.15) is 0 Å². The van der Waals surface area contributed by atoms with Crippen LogP contribution in [0.5, 0.6) is 0 Å². The Labute approximate surface area is 165 Å². The van der Waals surface area contributed by atoms with E-state index in [9.17, 15) is 23.1 Å². The van der Waals surface area contributed by atoms with Gasteiger partial charge in [0.1, 0.15) is 11.6 Å². The van der Waals surface area contributed by atoms with Crippen molar-refractivity contribution in [2.24, 2.45) is 0 Å². The Kier molecular flexibility index (Phi) is 7.49. The number of anilines is 1. The van der Waals surface area contributed by atoms with Crippen LogP contribution >= 0.6 is 0 Å². The number of aromatic amines is 1. The number of halogens is 3. The average Bonchev–Trinajstić information content (AvgIpc) is 2.70. The number of hydrogen-bond acceptors (Lipinski definition) is 5. The number of pyridine rings is 1. The van der Waals surface area contributed by atoms with Gasteiger partial charge in [-0.1, -0.05) is 13.8 Å². The van der Waals surface area contributed by atoms with Gasteiger partial charge >= 0.3 is 0 Å². The maximum Gasteiger partial charge on any atom is 0.248 e. The zero-order chi connectivity index (χ0) is 21.6. The molecule has 29 heavy (non-hydrogen) atoms. The van der Waals surface area contributed by atoms with E-state index in [0.717, 1.165) is 0 Å². The first-order chi connectivity index (χ1) is 13.8. The van der Waals surface area contributed by atoms with Crippen molar-refractivity contribution in [2.45, 2.75) is 26.9 Å². The number of aromatic nitrogens is 3. The Morgan fingerprint density at radius 1 is 1.07 bits per heavy atom. The van der Waals surface area contributed by atoms with Crippen molar-refractivity contribution in [1.29, 1.82) is 0 Å². The first kappa shape index (κ1) is 22.1. The lowest BCUT2D eigenvalue weighted by Crippen LogP contribution is -2.16. The highest BCUT2D eigenvalue weighted by Crippen LogP contribution is 2.24. The van der Waals surface area contributed by atoms with Crippen LogP contribution in [0.25, 0.3) is 11.4 Å². The highest BCUT2D eigenvalue weighted by molar-refractivity contribution is 5.58. The number of H-pyrrole nitrogens is 1. The standard InChI is InChI=1S/C18H15F3N4O2.C2H6/c1-9-4-16(23-8-15(26)10-2-3-22-17(27)5-10)25-18(24-9)11-6-13(20)14(21)7-12(11)19;1-2/h2-7,15,26H,8H2,1H3,(H,22,27)(H,23,24,25);1-2H3. The average molecular weight is 406 g/mol. The van der Waals surface area contributed by atoms with Crippen LogP contribution in [0.4, 0.5) is 19.0 Å². The normalized spacial score (nSPS) is 11.4. The van der Waals surface area contributed by atoms with E-state index in [-0.39, 0.29) is 29.3 Å². The Hall–Kier alpha value is -3.20. The molecule has 9 heteroatoms. The van der Waals surface area contributed by atoms with Gasteiger partial charge < -0.3 is 15.4 Å². The highest BCUT2D eigenvalue weighted by atomic mass is 19.2. The zero-order valence-corrected chi connectivity index (χ0v) is 16.1. The fourth-order valence-corrected chi connectivity index (χ4v) is 2.46. The van der Waals surface area contributed by atoms with Crippen LogP contribution < -0.4 is 10.9 Å². The number of aliphatic hydroxyl groups excluding tert-OH is 1. The first-order valence-corrected chi connectivity index (χ1v) is 8.94. The molecular weight excluding hydrogens is 385 g/mol. The SMILES string of the molecule is CC.Cc1cc(NCC(O)c2cc[nH]c(=O)c2)nc(-c2cc(F)c(F)cc2F)n1. The second kappa shape index (κ2) is 9.83. The lowest BCUT2D eigenvalue weighted by molar-refractivity contribution is 0.191. The van der Waals surface area contributed by atoms with Crippen LogP contribution in [0.3, 0.4) is 0 Å². The Balaban J connectivity index is 0.00000145. The predicted molar refractivity (Wildman–Crippen MR) is 104 cm³/mol. The molecule has 6 nitrogen and oxygen atoms in total. The summed E-state index contributed by atoms with van der Waals surface area (Å²) in [6.07, 6.45) is 0.422. The molecule has 0 aliphatic rings. The van der Waals surface area contributed by atoms with E-state index < -0.39 is 23.6 Å². The van der Waals surface area contributed by atoms with Crippen LogP contribution in [0.1, 0.15) is 31.2 Å². The van der Waals surface area contributed by atoms with Gasteiger partial charge in [0.25, 0.3) is 0 Å². The van der Waals surface area contributed by atoms with Gasteiger partial charge in [-0.15, -0.1) is 0 Å². The minimum Gasteiger partial charge on any atom is -0.387 e. The molecule has 3 rings (SSSR count). The number of benzene rings is 1. The van der Waals surface area contributed by atoms with Gasteiger partial charge in [0.05, 0.1) is 11.7 Å². The highest BCUT2D eigenvalue weighted by Gasteiger charge is 2.15. The van der Waals surface area contributed by atoms with Crippen LogP contribution in [-0.2, 0) is 0 Å². The third kappa shape index (κ3) is 5.64. The molecule has 0 saturated carbocycles. The lowest BCUT2D eigenvalue weighted by Gasteiger charge is -2.13. The summed E-state index contributed by atoms with van der Waals surface area (Å²) in [6, 6.07) is 5.49. The first-order valence-electron chi connectivity index (χ1n) is 8.94. The molecular formula is C20H21F3N4O2. The molecule has 0 radical (unpaired) electrons. The summed E-state index contributed by atoms with van der Waals surface area (Å²) in [4.78, 5) is 21.9. The molecule has 0 aliphatic carbocycles. The fraction of sp³-hybridized carbons (Fsp3) is 0.250. The molecule has 0 bridgehead atoms. The van der Waals surface area contributed by atoms with Crippen molar-refractivity contribution >= 4 is 5.82 Å². The predicted octanol–water partition coefficient (Wildman–Crippen LogP) is 3.73. The second-order valence-corrected chi connectivity index (χ2v) is 5.85. The third-order valence-corrected chi connectivity index (χ3v) is 3.77. The van der Waals surface area contributed by atoms with E-state index in [2.05, 4.69) is 20.3 Å². The summed E-state index contributed by atoms with van der Waals surface area (Å²) in [5.41, 5.74) is 0.234. The zero-order valence-electron chi connectivity index (χ0n) is 16.1. The molecule has 3 aromatic rings. The number of aliphatic hydroxyl groups is 1. The number of hydrogen-bond donors (Lipinski definition) is 3. The van der Waals surface area contributed by atoms with Crippen molar-refractivity contribution < 1.29 is 18.3 Å². The van der Waals surface area contributed by atoms with Gasteiger partial charge in [0.15, 0.2) is 17.5 Å². The quantitative estimate of drug-likeness (QED) is 0.562. The molecule has 0 saturated heterocycles. The maximum absolute atomic E-state index is 14.0. The Bertz CT molecular complexity index is 1040. The molecule has 1 unspecified atom stereocenters. The molecule has 1 aromatic carbocycles. The largest absolute Gasteiger partial charge is 0.387 e. The van der Waals surface area contributed by atoms with Crippen LogP contribution in [-0.4, -0.2) is 26.6 Å². The molecule has 0 aliphatic heterocycles. The summed E-state index contributed by atoms with van der Waals surface area (Å²) < 4.78 is 40.5. The van der Waals surface area contributed by atoms with E-state index in [1.807, 2.05) is 13.8 Å². The van der Waals surface area contributed by atoms with Crippen LogP contribution in [0, 0.1) is 24.4 Å². The van der Waals surface area contributed by atoms with Crippen LogP contribution in [0.15, 0.2) is 41.3 Å².